The summed E-state index contributed by atoms with van der Waals surface area (Å²) < 4.78 is 13.8. The average Bonchev–Trinajstić information content (AvgIpc) is 2.35. The molecule has 0 aliphatic carbocycles. The zero-order valence-electron chi connectivity index (χ0n) is 12.8. The van der Waals surface area contributed by atoms with Gasteiger partial charge in [0.15, 0.2) is 0 Å². The van der Waals surface area contributed by atoms with E-state index in [0.29, 0.717) is 12.0 Å². The fourth-order valence-electron chi connectivity index (χ4n) is 2.51. The highest BCUT2D eigenvalue weighted by Crippen LogP contribution is 2.20. The molecule has 0 aromatic heterocycles. The largest absolute Gasteiger partial charge is 0.308 e. The van der Waals surface area contributed by atoms with E-state index in [1.54, 1.807) is 6.07 Å². The lowest BCUT2D eigenvalue weighted by Gasteiger charge is -2.30. The van der Waals surface area contributed by atoms with E-state index in [0.717, 1.165) is 18.5 Å². The zero-order valence-corrected chi connectivity index (χ0v) is 12.8. The van der Waals surface area contributed by atoms with Gasteiger partial charge in [0.25, 0.3) is 0 Å². The van der Waals surface area contributed by atoms with Crippen molar-refractivity contribution in [1.29, 1.82) is 0 Å². The Morgan fingerprint density at radius 2 is 1.84 bits per heavy atom. The summed E-state index contributed by atoms with van der Waals surface area (Å²) in [5.41, 5.74) is 0.770. The van der Waals surface area contributed by atoms with Gasteiger partial charge in [0.2, 0.25) is 0 Å². The van der Waals surface area contributed by atoms with Gasteiger partial charge in [-0.2, -0.15) is 0 Å². The van der Waals surface area contributed by atoms with Gasteiger partial charge in [-0.15, -0.1) is 0 Å². The van der Waals surface area contributed by atoms with Crippen molar-refractivity contribution in [3.8, 4) is 0 Å². The van der Waals surface area contributed by atoms with E-state index in [1.807, 2.05) is 12.1 Å². The quantitative estimate of drug-likeness (QED) is 0.813. The molecule has 0 amide bonds. The Morgan fingerprint density at radius 3 is 2.32 bits per heavy atom. The summed E-state index contributed by atoms with van der Waals surface area (Å²) in [6.07, 6.45) is 0.888. The number of halogens is 1. The van der Waals surface area contributed by atoms with Crippen molar-refractivity contribution in [2.24, 2.45) is 5.92 Å². The van der Waals surface area contributed by atoms with Crippen LogP contribution in [0.2, 0.25) is 0 Å². The molecule has 3 heteroatoms. The number of benzene rings is 1. The summed E-state index contributed by atoms with van der Waals surface area (Å²) in [7, 11) is 4.19. The molecule has 0 fully saturated rings. The second-order valence-corrected chi connectivity index (χ2v) is 5.67. The van der Waals surface area contributed by atoms with Crippen LogP contribution in [0.15, 0.2) is 24.3 Å². The van der Waals surface area contributed by atoms with E-state index in [1.165, 1.54) is 6.07 Å². The summed E-state index contributed by atoms with van der Waals surface area (Å²) in [6, 6.07) is 7.59. The second kappa shape index (κ2) is 7.61. The van der Waals surface area contributed by atoms with Crippen molar-refractivity contribution < 1.29 is 4.39 Å². The second-order valence-electron chi connectivity index (χ2n) is 5.67. The molecule has 108 valence electrons. The van der Waals surface area contributed by atoms with E-state index < -0.39 is 0 Å². The Bertz CT molecular complexity index is 369. The Balaban J connectivity index is 2.70. The van der Waals surface area contributed by atoms with Gasteiger partial charge in [0, 0.05) is 24.2 Å². The molecular weight excluding hydrogens is 239 g/mol. The molecule has 1 aromatic carbocycles. The number of nitrogens with zero attached hydrogens (tertiary/aromatic N) is 1. The molecule has 0 aliphatic heterocycles. The molecule has 1 aromatic rings. The summed E-state index contributed by atoms with van der Waals surface area (Å²) in [4.78, 5) is 2.23. The zero-order chi connectivity index (χ0) is 14.4. The van der Waals surface area contributed by atoms with Gasteiger partial charge in [-0.3, -0.25) is 0 Å². The third-order valence-corrected chi connectivity index (χ3v) is 3.70. The molecule has 1 N–H and O–H groups in total. The van der Waals surface area contributed by atoms with E-state index >= 15 is 0 Å². The molecule has 0 saturated heterocycles. The summed E-state index contributed by atoms with van der Waals surface area (Å²) >= 11 is 0. The Hall–Kier alpha value is -0.930. The highest BCUT2D eigenvalue weighted by molar-refractivity contribution is 5.21. The Morgan fingerprint density at radius 1 is 1.21 bits per heavy atom. The molecule has 0 spiro atoms. The number of hydrogen-bond donors (Lipinski definition) is 1. The van der Waals surface area contributed by atoms with Gasteiger partial charge in [-0.25, -0.2) is 4.39 Å². The lowest BCUT2D eigenvalue weighted by atomic mass is 10.0. The molecule has 2 atom stereocenters. The molecule has 0 heterocycles. The number of nitrogens with one attached hydrogen (secondary N) is 1. The summed E-state index contributed by atoms with van der Waals surface area (Å²) in [6.45, 7) is 7.40. The minimum atomic E-state index is -0.118. The molecule has 0 saturated carbocycles. The highest BCUT2D eigenvalue weighted by Gasteiger charge is 2.19. The fourth-order valence-corrected chi connectivity index (χ4v) is 2.51. The Labute approximate surface area is 117 Å². The van der Waals surface area contributed by atoms with Crippen molar-refractivity contribution in [2.45, 2.75) is 39.3 Å². The first-order valence-electron chi connectivity index (χ1n) is 7.11. The first-order chi connectivity index (χ1) is 8.97. The number of likely N-dealkylation sites (N-methyl/N-ethyl adjacent to an activating group) is 1. The molecule has 1 rings (SSSR count). The van der Waals surface area contributed by atoms with Crippen LogP contribution in [0.3, 0.4) is 0 Å². The smallest absolute Gasteiger partial charge is 0.127 e. The van der Waals surface area contributed by atoms with Gasteiger partial charge < -0.3 is 10.2 Å². The van der Waals surface area contributed by atoms with Gasteiger partial charge in [-0.05, 0) is 32.5 Å². The maximum absolute atomic E-state index is 13.8. The van der Waals surface area contributed by atoms with Crippen LogP contribution in [-0.2, 0) is 0 Å². The van der Waals surface area contributed by atoms with Crippen LogP contribution in [0, 0.1) is 11.7 Å². The minimum Gasteiger partial charge on any atom is -0.308 e. The molecule has 2 nitrogen and oxygen atoms in total. The highest BCUT2D eigenvalue weighted by atomic mass is 19.1. The molecule has 19 heavy (non-hydrogen) atoms. The topological polar surface area (TPSA) is 15.3 Å². The van der Waals surface area contributed by atoms with Crippen molar-refractivity contribution in [3.63, 3.8) is 0 Å². The molecule has 2 unspecified atom stereocenters. The third kappa shape index (κ3) is 4.59. The fraction of sp³-hybridized carbons (Fsp3) is 0.625. The van der Waals surface area contributed by atoms with E-state index in [4.69, 9.17) is 0 Å². The predicted molar refractivity (Wildman–Crippen MR) is 79.7 cm³/mol. The lowest BCUT2D eigenvalue weighted by Crippen LogP contribution is -2.42. The number of hydrogen-bond acceptors (Lipinski definition) is 2. The predicted octanol–water partition coefficient (Wildman–Crippen LogP) is 3.45. The van der Waals surface area contributed by atoms with Crippen LogP contribution in [0.4, 0.5) is 4.39 Å². The third-order valence-electron chi connectivity index (χ3n) is 3.70. The average molecular weight is 266 g/mol. The van der Waals surface area contributed by atoms with Crippen LogP contribution >= 0.6 is 0 Å². The van der Waals surface area contributed by atoms with Gasteiger partial charge in [0.05, 0.1) is 0 Å². The van der Waals surface area contributed by atoms with Crippen molar-refractivity contribution in [1.82, 2.24) is 10.2 Å². The SMILES string of the molecule is CCC(NCC(C(C)C)N(C)C)c1ccccc1F. The van der Waals surface area contributed by atoms with Gasteiger partial charge in [0.1, 0.15) is 5.82 Å². The van der Waals surface area contributed by atoms with Crippen molar-refractivity contribution in [2.75, 3.05) is 20.6 Å². The van der Waals surface area contributed by atoms with E-state index in [9.17, 15) is 4.39 Å². The normalized spacial score (nSPS) is 14.9. The molecule has 0 aliphatic rings. The summed E-state index contributed by atoms with van der Waals surface area (Å²) in [5, 5.41) is 3.51. The van der Waals surface area contributed by atoms with Crippen LogP contribution < -0.4 is 5.32 Å². The standard InChI is InChI=1S/C16H27FN2/c1-6-15(13-9-7-8-10-14(13)17)18-11-16(12(2)3)19(4)5/h7-10,12,15-16,18H,6,11H2,1-5H3. The van der Waals surface area contributed by atoms with Crippen molar-refractivity contribution >= 4 is 0 Å². The van der Waals surface area contributed by atoms with E-state index in [-0.39, 0.29) is 11.9 Å². The molecule has 0 bridgehead atoms. The summed E-state index contributed by atoms with van der Waals surface area (Å²) in [5.74, 6) is 0.452. The Kier molecular flexibility index (Phi) is 6.46. The minimum absolute atomic E-state index is 0.0856. The van der Waals surface area contributed by atoms with Gasteiger partial charge >= 0.3 is 0 Å². The van der Waals surface area contributed by atoms with Crippen LogP contribution in [0.5, 0.6) is 0 Å². The van der Waals surface area contributed by atoms with Crippen molar-refractivity contribution in [3.05, 3.63) is 35.6 Å². The first kappa shape index (κ1) is 16.1. The van der Waals surface area contributed by atoms with Crippen LogP contribution in [0.1, 0.15) is 38.8 Å². The molecule has 0 radical (unpaired) electrons. The monoisotopic (exact) mass is 266 g/mol. The number of rotatable bonds is 7. The van der Waals surface area contributed by atoms with Crippen LogP contribution in [0.25, 0.3) is 0 Å². The van der Waals surface area contributed by atoms with Crippen LogP contribution in [-0.4, -0.2) is 31.6 Å². The maximum Gasteiger partial charge on any atom is 0.127 e. The molecular formula is C16H27FN2. The van der Waals surface area contributed by atoms with Gasteiger partial charge in [-0.1, -0.05) is 39.0 Å². The lowest BCUT2D eigenvalue weighted by molar-refractivity contribution is 0.217. The first-order valence-corrected chi connectivity index (χ1v) is 7.11. The maximum atomic E-state index is 13.8. The van der Waals surface area contributed by atoms with E-state index in [2.05, 4.69) is 45.1 Å².